The summed E-state index contributed by atoms with van der Waals surface area (Å²) in [5.74, 6) is 0.205. The molecular formula is C13H19N3O2. The van der Waals surface area contributed by atoms with Gasteiger partial charge in [0.05, 0.1) is 6.54 Å². The normalized spacial score (nSPS) is 19.5. The first-order chi connectivity index (χ1) is 8.56. The molecule has 1 aliphatic heterocycles. The second kappa shape index (κ2) is 5.35. The number of carboxylic acids is 1. The van der Waals surface area contributed by atoms with Gasteiger partial charge in [-0.05, 0) is 32.0 Å². The van der Waals surface area contributed by atoms with Crippen LogP contribution in [0.25, 0.3) is 0 Å². The lowest BCUT2D eigenvalue weighted by atomic mass is 10.2. The van der Waals surface area contributed by atoms with Crippen molar-refractivity contribution >= 4 is 11.8 Å². The van der Waals surface area contributed by atoms with Crippen LogP contribution in [0, 0.1) is 6.92 Å². The Hall–Kier alpha value is -1.62. The van der Waals surface area contributed by atoms with Crippen LogP contribution in [0.1, 0.15) is 12.0 Å². The second-order valence-electron chi connectivity index (χ2n) is 4.89. The van der Waals surface area contributed by atoms with Crippen LogP contribution in [0.5, 0.6) is 0 Å². The fourth-order valence-corrected chi connectivity index (χ4v) is 2.30. The number of hydrogen-bond donors (Lipinski definition) is 1. The predicted molar refractivity (Wildman–Crippen MR) is 69.9 cm³/mol. The Bertz CT molecular complexity index is 419. The number of pyridine rings is 1. The molecule has 1 atom stereocenters. The van der Waals surface area contributed by atoms with Crippen LogP contribution in [0.3, 0.4) is 0 Å². The molecule has 1 aromatic rings. The predicted octanol–water partition coefficient (Wildman–Crippen LogP) is 0.985. The average Bonchev–Trinajstić information content (AvgIpc) is 2.78. The summed E-state index contributed by atoms with van der Waals surface area (Å²) in [5.41, 5.74) is 1.15. The highest BCUT2D eigenvalue weighted by atomic mass is 16.4. The monoisotopic (exact) mass is 249 g/mol. The van der Waals surface area contributed by atoms with Crippen LogP contribution in [0.15, 0.2) is 18.3 Å². The quantitative estimate of drug-likeness (QED) is 0.862. The number of nitrogens with zero attached hydrogens (tertiary/aromatic N) is 3. The van der Waals surface area contributed by atoms with E-state index in [-0.39, 0.29) is 6.54 Å². The molecule has 1 fully saturated rings. The zero-order valence-corrected chi connectivity index (χ0v) is 10.8. The van der Waals surface area contributed by atoms with E-state index in [1.165, 1.54) is 0 Å². The van der Waals surface area contributed by atoms with Gasteiger partial charge in [0.25, 0.3) is 0 Å². The number of anilines is 1. The van der Waals surface area contributed by atoms with Crippen molar-refractivity contribution < 1.29 is 9.90 Å². The Morgan fingerprint density at radius 2 is 2.39 bits per heavy atom. The third-order valence-electron chi connectivity index (χ3n) is 3.39. The summed E-state index contributed by atoms with van der Waals surface area (Å²) in [6.07, 6.45) is 2.85. The number of likely N-dealkylation sites (N-methyl/N-ethyl adjacent to an activating group) is 1. The van der Waals surface area contributed by atoms with Crippen molar-refractivity contribution in [3.63, 3.8) is 0 Å². The Labute approximate surface area is 107 Å². The Kier molecular flexibility index (Phi) is 3.81. The van der Waals surface area contributed by atoms with Gasteiger partial charge in [-0.25, -0.2) is 4.98 Å². The fourth-order valence-electron chi connectivity index (χ4n) is 2.30. The Morgan fingerprint density at radius 1 is 1.61 bits per heavy atom. The third-order valence-corrected chi connectivity index (χ3v) is 3.39. The molecule has 0 radical (unpaired) electrons. The van der Waals surface area contributed by atoms with Crippen molar-refractivity contribution in [2.24, 2.45) is 0 Å². The van der Waals surface area contributed by atoms with Gasteiger partial charge >= 0.3 is 5.97 Å². The molecule has 0 bridgehead atoms. The number of aromatic nitrogens is 1. The molecule has 1 unspecified atom stereocenters. The number of rotatable bonds is 4. The highest BCUT2D eigenvalue weighted by Gasteiger charge is 2.27. The van der Waals surface area contributed by atoms with Crippen molar-refractivity contribution in [1.29, 1.82) is 0 Å². The van der Waals surface area contributed by atoms with Crippen molar-refractivity contribution in [3.05, 3.63) is 23.9 Å². The van der Waals surface area contributed by atoms with E-state index in [4.69, 9.17) is 5.11 Å². The van der Waals surface area contributed by atoms with E-state index in [0.29, 0.717) is 6.04 Å². The highest BCUT2D eigenvalue weighted by molar-refractivity contribution is 5.69. The van der Waals surface area contributed by atoms with E-state index >= 15 is 0 Å². The lowest BCUT2D eigenvalue weighted by Gasteiger charge is -2.23. The van der Waals surface area contributed by atoms with E-state index < -0.39 is 5.97 Å². The largest absolute Gasteiger partial charge is 0.480 e. The third kappa shape index (κ3) is 2.98. The maximum atomic E-state index is 10.7. The van der Waals surface area contributed by atoms with Crippen LogP contribution in [0.2, 0.25) is 0 Å². The summed E-state index contributed by atoms with van der Waals surface area (Å²) in [6, 6.07) is 4.37. The summed E-state index contributed by atoms with van der Waals surface area (Å²) >= 11 is 0. The first-order valence-electron chi connectivity index (χ1n) is 6.16. The molecule has 1 aliphatic rings. The smallest absolute Gasteiger partial charge is 0.317 e. The van der Waals surface area contributed by atoms with Gasteiger partial charge in [-0.15, -0.1) is 0 Å². The SMILES string of the molecule is Cc1ccc(N2CCC(N(C)CC(=O)O)C2)nc1. The lowest BCUT2D eigenvalue weighted by molar-refractivity contribution is -0.138. The summed E-state index contributed by atoms with van der Waals surface area (Å²) in [6.45, 7) is 3.90. The van der Waals surface area contributed by atoms with Gasteiger partial charge in [0.15, 0.2) is 0 Å². The number of aryl methyl sites for hydroxylation is 1. The van der Waals surface area contributed by atoms with E-state index in [2.05, 4.69) is 16.0 Å². The minimum Gasteiger partial charge on any atom is -0.480 e. The van der Waals surface area contributed by atoms with Crippen molar-refractivity contribution in [2.45, 2.75) is 19.4 Å². The zero-order valence-electron chi connectivity index (χ0n) is 10.8. The summed E-state index contributed by atoms with van der Waals surface area (Å²) in [5, 5.41) is 8.79. The lowest BCUT2D eigenvalue weighted by Crippen LogP contribution is -2.38. The minimum absolute atomic E-state index is 0.0971. The number of hydrogen-bond acceptors (Lipinski definition) is 4. The standard InChI is InChI=1S/C13H19N3O2/c1-10-3-4-12(14-7-10)16-6-5-11(8-16)15(2)9-13(17)18/h3-4,7,11H,5-6,8-9H2,1-2H3,(H,17,18). The highest BCUT2D eigenvalue weighted by Crippen LogP contribution is 2.20. The van der Waals surface area contributed by atoms with Gasteiger partial charge in [-0.2, -0.15) is 0 Å². The molecule has 2 rings (SSSR count). The van der Waals surface area contributed by atoms with Gasteiger partial charge in [0.1, 0.15) is 5.82 Å². The molecule has 1 N–H and O–H groups in total. The van der Waals surface area contributed by atoms with Gasteiger partial charge < -0.3 is 10.0 Å². The number of aliphatic carboxylic acids is 1. The molecule has 0 saturated carbocycles. The topological polar surface area (TPSA) is 56.7 Å². The van der Waals surface area contributed by atoms with E-state index in [0.717, 1.165) is 30.9 Å². The molecule has 5 nitrogen and oxygen atoms in total. The molecule has 1 saturated heterocycles. The van der Waals surface area contributed by atoms with E-state index in [1.54, 1.807) is 0 Å². The van der Waals surface area contributed by atoms with Crippen LogP contribution < -0.4 is 4.90 Å². The van der Waals surface area contributed by atoms with Crippen molar-refractivity contribution in [3.8, 4) is 0 Å². The Balaban J connectivity index is 1.95. The minimum atomic E-state index is -0.774. The van der Waals surface area contributed by atoms with Crippen molar-refractivity contribution in [1.82, 2.24) is 9.88 Å². The number of carbonyl (C=O) groups is 1. The van der Waals surface area contributed by atoms with Gasteiger partial charge in [0, 0.05) is 25.3 Å². The summed E-state index contributed by atoms with van der Waals surface area (Å²) in [7, 11) is 1.87. The number of carboxylic acid groups (broad SMARTS) is 1. The zero-order chi connectivity index (χ0) is 13.1. The van der Waals surface area contributed by atoms with E-state index in [1.807, 2.05) is 31.1 Å². The maximum Gasteiger partial charge on any atom is 0.317 e. The van der Waals surface area contributed by atoms with Crippen LogP contribution in [-0.2, 0) is 4.79 Å². The van der Waals surface area contributed by atoms with E-state index in [9.17, 15) is 4.79 Å². The molecule has 0 aromatic carbocycles. The van der Waals surface area contributed by atoms with Crippen LogP contribution in [-0.4, -0.2) is 53.7 Å². The van der Waals surface area contributed by atoms with Gasteiger partial charge in [-0.3, -0.25) is 9.69 Å². The molecule has 0 amide bonds. The molecule has 2 heterocycles. The fraction of sp³-hybridized carbons (Fsp3) is 0.538. The first-order valence-corrected chi connectivity index (χ1v) is 6.16. The molecule has 98 valence electrons. The van der Waals surface area contributed by atoms with Crippen LogP contribution in [0.4, 0.5) is 5.82 Å². The summed E-state index contributed by atoms with van der Waals surface area (Å²) in [4.78, 5) is 19.2. The molecular weight excluding hydrogens is 230 g/mol. The second-order valence-corrected chi connectivity index (χ2v) is 4.89. The van der Waals surface area contributed by atoms with Crippen molar-refractivity contribution in [2.75, 3.05) is 31.6 Å². The van der Waals surface area contributed by atoms with Gasteiger partial charge in [-0.1, -0.05) is 6.07 Å². The molecule has 18 heavy (non-hydrogen) atoms. The first kappa shape index (κ1) is 12.8. The maximum absolute atomic E-state index is 10.7. The van der Waals surface area contributed by atoms with Gasteiger partial charge in [0.2, 0.25) is 0 Å². The molecule has 0 spiro atoms. The molecule has 0 aliphatic carbocycles. The summed E-state index contributed by atoms with van der Waals surface area (Å²) < 4.78 is 0. The molecule has 5 heteroatoms. The molecule has 1 aromatic heterocycles. The Morgan fingerprint density at radius 3 is 3.00 bits per heavy atom. The van der Waals surface area contributed by atoms with Crippen LogP contribution >= 0.6 is 0 Å². The average molecular weight is 249 g/mol.